The van der Waals surface area contributed by atoms with Crippen molar-refractivity contribution in [2.45, 2.75) is 6.54 Å². The fraction of sp³-hybridized carbons (Fsp3) is 0.250. The molecule has 1 rings (SSSR count). The van der Waals surface area contributed by atoms with Crippen molar-refractivity contribution in [3.8, 4) is 0 Å². The SMILES string of the molecule is [CH]CNCc1cccnc1. The van der Waals surface area contributed by atoms with Crippen LogP contribution in [0, 0.1) is 6.92 Å². The van der Waals surface area contributed by atoms with Crippen LogP contribution in [-0.2, 0) is 6.54 Å². The molecule has 2 radical (unpaired) electrons. The molecule has 2 heteroatoms. The fourth-order valence-corrected chi connectivity index (χ4v) is 0.719. The molecule has 0 amide bonds. The van der Waals surface area contributed by atoms with Gasteiger partial charge in [-0.2, -0.15) is 0 Å². The molecular formula is C8H10N2. The van der Waals surface area contributed by atoms with Gasteiger partial charge in [0.25, 0.3) is 0 Å². The van der Waals surface area contributed by atoms with Crippen LogP contribution in [0.15, 0.2) is 24.5 Å². The smallest absolute Gasteiger partial charge is 0.0312 e. The van der Waals surface area contributed by atoms with E-state index in [4.69, 9.17) is 6.92 Å². The van der Waals surface area contributed by atoms with Gasteiger partial charge in [0.05, 0.1) is 0 Å². The van der Waals surface area contributed by atoms with Crippen LogP contribution in [0.25, 0.3) is 0 Å². The largest absolute Gasteiger partial charge is 0.312 e. The zero-order valence-electron chi connectivity index (χ0n) is 5.75. The molecule has 0 atom stereocenters. The third-order valence-corrected chi connectivity index (χ3v) is 1.20. The summed E-state index contributed by atoms with van der Waals surface area (Å²) >= 11 is 0. The van der Waals surface area contributed by atoms with Gasteiger partial charge in [-0.15, -0.1) is 0 Å². The summed E-state index contributed by atoms with van der Waals surface area (Å²) < 4.78 is 0. The van der Waals surface area contributed by atoms with Crippen LogP contribution < -0.4 is 5.32 Å². The van der Waals surface area contributed by atoms with Crippen LogP contribution in [0.5, 0.6) is 0 Å². The summed E-state index contributed by atoms with van der Waals surface area (Å²) in [4.78, 5) is 3.96. The molecule has 1 aromatic heterocycles. The molecule has 1 aromatic rings. The zero-order valence-corrected chi connectivity index (χ0v) is 5.75. The number of aromatic nitrogens is 1. The van der Waals surface area contributed by atoms with E-state index in [0.717, 1.165) is 12.1 Å². The summed E-state index contributed by atoms with van der Waals surface area (Å²) in [7, 11) is 0. The van der Waals surface area contributed by atoms with Crippen molar-refractivity contribution in [1.82, 2.24) is 10.3 Å². The average Bonchev–Trinajstić information content (AvgIpc) is 2.03. The minimum absolute atomic E-state index is 0.509. The molecule has 0 aliphatic rings. The molecule has 0 saturated carbocycles. The number of pyridine rings is 1. The van der Waals surface area contributed by atoms with Crippen molar-refractivity contribution in [3.05, 3.63) is 37.0 Å². The van der Waals surface area contributed by atoms with Crippen molar-refractivity contribution in [2.75, 3.05) is 6.54 Å². The van der Waals surface area contributed by atoms with Crippen LogP contribution in [0.2, 0.25) is 0 Å². The molecular weight excluding hydrogens is 124 g/mol. The Kier molecular flexibility index (Phi) is 2.90. The lowest BCUT2D eigenvalue weighted by Gasteiger charge is -1.98. The first-order chi connectivity index (χ1) is 4.93. The number of nitrogens with zero attached hydrogens (tertiary/aromatic N) is 1. The van der Waals surface area contributed by atoms with Crippen LogP contribution in [0.1, 0.15) is 5.56 Å². The van der Waals surface area contributed by atoms with Gasteiger partial charge in [-0.05, 0) is 25.1 Å². The molecule has 0 saturated heterocycles. The van der Waals surface area contributed by atoms with Crippen LogP contribution >= 0.6 is 0 Å². The zero-order chi connectivity index (χ0) is 7.23. The number of nitrogens with one attached hydrogen (secondary N) is 1. The van der Waals surface area contributed by atoms with Gasteiger partial charge < -0.3 is 5.32 Å². The molecule has 10 heavy (non-hydrogen) atoms. The monoisotopic (exact) mass is 134 g/mol. The topological polar surface area (TPSA) is 24.9 Å². The number of rotatable bonds is 3. The first kappa shape index (κ1) is 7.22. The summed E-state index contributed by atoms with van der Waals surface area (Å²) in [5.74, 6) is 0. The number of hydrogen-bond acceptors (Lipinski definition) is 2. The first-order valence-corrected chi connectivity index (χ1v) is 3.23. The minimum Gasteiger partial charge on any atom is -0.312 e. The lowest BCUT2D eigenvalue weighted by molar-refractivity contribution is 0.755. The molecule has 1 N–H and O–H groups in total. The predicted octanol–water partition coefficient (Wildman–Crippen LogP) is 0.882. The van der Waals surface area contributed by atoms with E-state index in [1.807, 2.05) is 18.3 Å². The lowest BCUT2D eigenvalue weighted by atomic mass is 10.3. The average molecular weight is 134 g/mol. The van der Waals surface area contributed by atoms with Crippen molar-refractivity contribution in [2.24, 2.45) is 0 Å². The second-order valence-electron chi connectivity index (χ2n) is 1.99. The molecule has 0 aromatic carbocycles. The summed E-state index contributed by atoms with van der Waals surface area (Å²) in [6.07, 6.45) is 3.58. The molecule has 0 bridgehead atoms. The molecule has 2 nitrogen and oxygen atoms in total. The normalized spacial score (nSPS) is 9.70. The maximum atomic E-state index is 5.24. The van der Waals surface area contributed by atoms with Gasteiger partial charge in [0.15, 0.2) is 0 Å². The van der Waals surface area contributed by atoms with E-state index >= 15 is 0 Å². The Morgan fingerprint density at radius 3 is 3.10 bits per heavy atom. The van der Waals surface area contributed by atoms with Gasteiger partial charge in [-0.1, -0.05) is 6.07 Å². The van der Waals surface area contributed by atoms with Gasteiger partial charge in [0, 0.05) is 18.9 Å². The first-order valence-electron chi connectivity index (χ1n) is 3.23. The van der Waals surface area contributed by atoms with E-state index in [1.54, 1.807) is 6.20 Å². The second-order valence-corrected chi connectivity index (χ2v) is 1.99. The molecule has 0 fully saturated rings. The van der Waals surface area contributed by atoms with E-state index in [-0.39, 0.29) is 0 Å². The molecule has 0 spiro atoms. The third kappa shape index (κ3) is 2.15. The standard InChI is InChI=1S/C8H10N2/c1-2-9-6-8-4-3-5-10-7-8/h1,3-5,7,9H,2,6H2. The van der Waals surface area contributed by atoms with Crippen molar-refractivity contribution in [3.63, 3.8) is 0 Å². The highest BCUT2D eigenvalue weighted by Crippen LogP contribution is 1.92. The minimum atomic E-state index is 0.509. The maximum absolute atomic E-state index is 5.24. The molecule has 0 aliphatic heterocycles. The number of hydrogen-bond donors (Lipinski definition) is 1. The quantitative estimate of drug-likeness (QED) is 0.663. The summed E-state index contributed by atoms with van der Waals surface area (Å²) in [5.41, 5.74) is 1.16. The van der Waals surface area contributed by atoms with E-state index < -0.39 is 0 Å². The Morgan fingerprint density at radius 2 is 2.50 bits per heavy atom. The summed E-state index contributed by atoms with van der Waals surface area (Å²) in [6.45, 7) is 6.55. The molecule has 0 unspecified atom stereocenters. The van der Waals surface area contributed by atoms with E-state index in [0.29, 0.717) is 6.54 Å². The highest BCUT2D eigenvalue weighted by Gasteiger charge is 1.86. The van der Waals surface area contributed by atoms with Gasteiger partial charge in [0.1, 0.15) is 0 Å². The Morgan fingerprint density at radius 1 is 1.60 bits per heavy atom. The maximum Gasteiger partial charge on any atom is 0.0312 e. The third-order valence-electron chi connectivity index (χ3n) is 1.20. The highest BCUT2D eigenvalue weighted by molar-refractivity contribution is 5.07. The van der Waals surface area contributed by atoms with E-state index in [2.05, 4.69) is 10.3 Å². The predicted molar refractivity (Wildman–Crippen MR) is 40.2 cm³/mol. The Hall–Kier alpha value is -0.890. The molecule has 52 valence electrons. The Bertz CT molecular complexity index is 172. The van der Waals surface area contributed by atoms with Gasteiger partial charge in [0.2, 0.25) is 0 Å². The van der Waals surface area contributed by atoms with Crippen molar-refractivity contribution in [1.29, 1.82) is 0 Å². The van der Waals surface area contributed by atoms with Crippen LogP contribution in [0.3, 0.4) is 0 Å². The second kappa shape index (κ2) is 4.01. The van der Waals surface area contributed by atoms with E-state index in [1.165, 1.54) is 0 Å². The van der Waals surface area contributed by atoms with Gasteiger partial charge >= 0.3 is 0 Å². The van der Waals surface area contributed by atoms with Crippen LogP contribution in [-0.4, -0.2) is 11.5 Å². The Labute approximate surface area is 61.3 Å². The fourth-order valence-electron chi connectivity index (χ4n) is 0.719. The van der Waals surface area contributed by atoms with Gasteiger partial charge in [-0.25, -0.2) is 0 Å². The van der Waals surface area contributed by atoms with Crippen molar-refractivity contribution < 1.29 is 0 Å². The summed E-state index contributed by atoms with van der Waals surface area (Å²) in [6, 6.07) is 3.92. The van der Waals surface area contributed by atoms with E-state index in [9.17, 15) is 0 Å². The van der Waals surface area contributed by atoms with Gasteiger partial charge in [-0.3, -0.25) is 4.98 Å². The lowest BCUT2D eigenvalue weighted by Crippen LogP contribution is -2.11. The molecule has 1 heterocycles. The Balaban J connectivity index is 2.43. The molecule has 0 aliphatic carbocycles. The highest BCUT2D eigenvalue weighted by atomic mass is 14.8. The summed E-state index contributed by atoms with van der Waals surface area (Å²) in [5, 5.41) is 3.00. The van der Waals surface area contributed by atoms with Crippen molar-refractivity contribution >= 4 is 0 Å². The van der Waals surface area contributed by atoms with Crippen LogP contribution in [0.4, 0.5) is 0 Å².